The third-order valence-corrected chi connectivity index (χ3v) is 4.59. The van der Waals surface area contributed by atoms with E-state index in [1.165, 1.54) is 0 Å². The Morgan fingerprint density at radius 3 is 2.95 bits per heavy atom. The Morgan fingerprint density at radius 2 is 2.27 bits per heavy atom. The number of piperidine rings is 1. The molecule has 0 N–H and O–H groups in total. The number of nitrogens with zero attached hydrogens (tertiary/aromatic N) is 3. The van der Waals surface area contributed by atoms with Gasteiger partial charge >= 0.3 is 0 Å². The first-order valence-corrected chi connectivity index (χ1v) is 8.38. The Hall–Kier alpha value is -1.43. The van der Waals surface area contributed by atoms with Crippen molar-refractivity contribution in [3.05, 3.63) is 11.7 Å². The maximum absolute atomic E-state index is 12.2. The van der Waals surface area contributed by atoms with Crippen molar-refractivity contribution in [3.8, 4) is 0 Å². The van der Waals surface area contributed by atoms with Crippen LogP contribution in [-0.4, -0.2) is 41.1 Å². The average Bonchev–Trinajstić information content (AvgIpc) is 3.29. The molecule has 2 fully saturated rings. The summed E-state index contributed by atoms with van der Waals surface area (Å²) in [4.78, 5) is 18.7. The van der Waals surface area contributed by atoms with Gasteiger partial charge in [0.1, 0.15) is 6.10 Å². The topological polar surface area (TPSA) is 68.5 Å². The Bertz CT molecular complexity index is 512. The predicted molar refractivity (Wildman–Crippen MR) is 80.2 cm³/mol. The van der Waals surface area contributed by atoms with Crippen LogP contribution in [0.2, 0.25) is 0 Å². The van der Waals surface area contributed by atoms with E-state index in [0.29, 0.717) is 24.2 Å². The molecule has 6 nitrogen and oxygen atoms in total. The highest BCUT2D eigenvalue weighted by molar-refractivity contribution is 5.81. The lowest BCUT2D eigenvalue weighted by molar-refractivity contribution is -0.133. The summed E-state index contributed by atoms with van der Waals surface area (Å²) in [5.74, 6) is 2.04. The largest absolute Gasteiger partial charge is 0.373 e. The summed E-state index contributed by atoms with van der Waals surface area (Å²) in [6.45, 7) is 3.68. The van der Waals surface area contributed by atoms with Gasteiger partial charge in [-0.15, -0.1) is 0 Å². The van der Waals surface area contributed by atoms with Crippen LogP contribution in [0.4, 0.5) is 0 Å². The van der Waals surface area contributed by atoms with Gasteiger partial charge in [-0.1, -0.05) is 18.5 Å². The number of rotatable bonds is 6. The second-order valence-electron chi connectivity index (χ2n) is 6.40. The minimum atomic E-state index is -0.102. The molecule has 0 bridgehead atoms. The monoisotopic (exact) mass is 307 g/mol. The normalized spacial score (nSPS) is 23.5. The molecule has 0 radical (unpaired) electrons. The van der Waals surface area contributed by atoms with Gasteiger partial charge in [-0.25, -0.2) is 0 Å². The highest BCUT2D eigenvalue weighted by Gasteiger charge is 2.36. The van der Waals surface area contributed by atoms with Crippen LogP contribution in [0.1, 0.15) is 69.2 Å². The number of hydrogen-bond acceptors (Lipinski definition) is 5. The zero-order valence-electron chi connectivity index (χ0n) is 13.5. The summed E-state index contributed by atoms with van der Waals surface area (Å²) >= 11 is 0. The molecule has 2 unspecified atom stereocenters. The van der Waals surface area contributed by atoms with Crippen molar-refractivity contribution in [3.63, 3.8) is 0 Å². The molecule has 1 amide bonds. The molecule has 2 heterocycles. The maximum Gasteiger partial charge on any atom is 0.231 e. The molecule has 0 aromatic carbocycles. The van der Waals surface area contributed by atoms with E-state index in [4.69, 9.17) is 9.26 Å². The highest BCUT2D eigenvalue weighted by atomic mass is 16.5. The van der Waals surface area contributed by atoms with E-state index in [2.05, 4.69) is 17.1 Å². The van der Waals surface area contributed by atoms with Gasteiger partial charge in [0, 0.05) is 26.1 Å². The van der Waals surface area contributed by atoms with E-state index in [9.17, 15) is 4.79 Å². The van der Waals surface area contributed by atoms with Crippen LogP contribution in [0, 0.1) is 5.92 Å². The third-order valence-electron chi connectivity index (χ3n) is 4.59. The number of carbonyl (C=O) groups excluding carboxylic acids is 1. The van der Waals surface area contributed by atoms with Crippen molar-refractivity contribution in [2.45, 2.75) is 57.5 Å². The minimum absolute atomic E-state index is 0.102. The van der Waals surface area contributed by atoms with Gasteiger partial charge in [0.25, 0.3) is 0 Å². The molecule has 1 aromatic rings. The zero-order chi connectivity index (χ0) is 15.5. The summed E-state index contributed by atoms with van der Waals surface area (Å²) in [6.07, 6.45) is 5.90. The lowest BCUT2D eigenvalue weighted by Crippen LogP contribution is -2.40. The fourth-order valence-electron chi connectivity index (χ4n) is 3.13. The lowest BCUT2D eigenvalue weighted by atomic mass is 9.97. The molecule has 2 atom stereocenters. The SMILES string of the molecule is CCCC(OC)c1noc(C2CCCN(C(=O)C3CC3)C2)n1. The van der Waals surface area contributed by atoms with Crippen LogP contribution < -0.4 is 0 Å². The number of amides is 1. The van der Waals surface area contributed by atoms with Crippen LogP contribution >= 0.6 is 0 Å². The van der Waals surface area contributed by atoms with Gasteiger partial charge in [0.2, 0.25) is 17.6 Å². The van der Waals surface area contributed by atoms with Crippen molar-refractivity contribution in [2.75, 3.05) is 20.2 Å². The van der Waals surface area contributed by atoms with E-state index in [1.807, 2.05) is 4.90 Å². The summed E-state index contributed by atoms with van der Waals surface area (Å²) < 4.78 is 10.9. The highest BCUT2D eigenvalue weighted by Crippen LogP contribution is 2.34. The number of carbonyl (C=O) groups is 1. The first kappa shape index (κ1) is 15.5. The van der Waals surface area contributed by atoms with Crippen LogP contribution in [0.25, 0.3) is 0 Å². The molecule has 1 saturated heterocycles. The molecule has 0 spiro atoms. The zero-order valence-corrected chi connectivity index (χ0v) is 13.5. The van der Waals surface area contributed by atoms with Crippen molar-refractivity contribution >= 4 is 5.91 Å². The first-order valence-electron chi connectivity index (χ1n) is 8.38. The van der Waals surface area contributed by atoms with Gasteiger partial charge in [-0.2, -0.15) is 4.98 Å². The summed E-state index contributed by atoms with van der Waals surface area (Å²) in [5.41, 5.74) is 0. The number of ether oxygens (including phenoxy) is 1. The van der Waals surface area contributed by atoms with Gasteiger partial charge in [0.15, 0.2) is 0 Å². The van der Waals surface area contributed by atoms with Crippen molar-refractivity contribution in [2.24, 2.45) is 5.92 Å². The van der Waals surface area contributed by atoms with Crippen LogP contribution in [0.3, 0.4) is 0 Å². The number of methoxy groups -OCH3 is 1. The Labute approximate surface area is 131 Å². The van der Waals surface area contributed by atoms with Crippen LogP contribution in [0.5, 0.6) is 0 Å². The fourth-order valence-corrected chi connectivity index (χ4v) is 3.13. The molecule has 1 aliphatic carbocycles. The van der Waals surface area contributed by atoms with Gasteiger partial charge in [-0.05, 0) is 32.1 Å². The van der Waals surface area contributed by atoms with Gasteiger partial charge in [-0.3, -0.25) is 4.79 Å². The maximum atomic E-state index is 12.2. The summed E-state index contributed by atoms with van der Waals surface area (Å²) in [7, 11) is 1.67. The van der Waals surface area contributed by atoms with Crippen molar-refractivity contribution in [1.29, 1.82) is 0 Å². The van der Waals surface area contributed by atoms with E-state index in [0.717, 1.165) is 45.1 Å². The molecule has 6 heteroatoms. The first-order chi connectivity index (χ1) is 10.7. The molecule has 3 rings (SSSR count). The second kappa shape index (κ2) is 6.77. The standard InChI is InChI=1S/C16H25N3O3/c1-3-5-13(21-2)14-17-15(22-18-14)12-6-4-9-19(10-12)16(20)11-7-8-11/h11-13H,3-10H2,1-2H3. The lowest BCUT2D eigenvalue weighted by Gasteiger charge is -2.31. The number of aromatic nitrogens is 2. The Morgan fingerprint density at radius 1 is 1.45 bits per heavy atom. The molecular weight excluding hydrogens is 282 g/mol. The van der Waals surface area contributed by atoms with Crippen molar-refractivity contribution < 1.29 is 14.1 Å². The van der Waals surface area contributed by atoms with E-state index in [1.54, 1.807) is 7.11 Å². The Balaban J connectivity index is 1.65. The molecule has 1 aromatic heterocycles. The molecule has 1 saturated carbocycles. The molecule has 2 aliphatic rings. The number of hydrogen-bond donors (Lipinski definition) is 0. The second-order valence-corrected chi connectivity index (χ2v) is 6.40. The molecular formula is C16H25N3O3. The van der Waals surface area contributed by atoms with E-state index >= 15 is 0 Å². The quantitative estimate of drug-likeness (QED) is 0.808. The summed E-state index contributed by atoms with van der Waals surface area (Å²) in [5, 5.41) is 4.08. The van der Waals surface area contributed by atoms with Crippen LogP contribution in [0.15, 0.2) is 4.52 Å². The predicted octanol–water partition coefficient (Wildman–Crippen LogP) is 2.67. The van der Waals surface area contributed by atoms with E-state index in [-0.39, 0.29) is 17.9 Å². The van der Waals surface area contributed by atoms with Gasteiger partial charge in [0.05, 0.1) is 5.92 Å². The van der Waals surface area contributed by atoms with Gasteiger partial charge < -0.3 is 14.2 Å². The summed E-state index contributed by atoms with van der Waals surface area (Å²) in [6, 6.07) is 0. The molecule has 22 heavy (non-hydrogen) atoms. The van der Waals surface area contributed by atoms with Crippen LogP contribution in [-0.2, 0) is 9.53 Å². The van der Waals surface area contributed by atoms with E-state index < -0.39 is 0 Å². The number of likely N-dealkylation sites (tertiary alicyclic amines) is 1. The molecule has 122 valence electrons. The molecule has 1 aliphatic heterocycles. The third kappa shape index (κ3) is 3.32. The smallest absolute Gasteiger partial charge is 0.231 e. The average molecular weight is 307 g/mol. The fraction of sp³-hybridized carbons (Fsp3) is 0.812. The minimum Gasteiger partial charge on any atom is -0.373 e. The Kier molecular flexibility index (Phi) is 4.76. The van der Waals surface area contributed by atoms with Crippen molar-refractivity contribution in [1.82, 2.24) is 15.0 Å².